The Morgan fingerprint density at radius 1 is 1.20 bits per heavy atom. The molecular formula is C15H10ClFN2O5S. The average molecular weight is 385 g/mol. The van der Waals surface area contributed by atoms with E-state index in [1.807, 2.05) is 0 Å². The molecule has 2 rings (SSSR count). The van der Waals surface area contributed by atoms with E-state index in [0.717, 1.165) is 24.3 Å². The number of hydrogen-bond donors (Lipinski definition) is 1. The summed E-state index contributed by atoms with van der Waals surface area (Å²) < 4.78 is 34.2. The van der Waals surface area contributed by atoms with E-state index in [0.29, 0.717) is 5.56 Å². The van der Waals surface area contributed by atoms with Crippen molar-refractivity contribution < 1.29 is 22.0 Å². The van der Waals surface area contributed by atoms with Crippen molar-refractivity contribution in [2.75, 3.05) is 5.32 Å². The molecule has 2 aromatic rings. The van der Waals surface area contributed by atoms with Gasteiger partial charge in [0.05, 0.1) is 14.8 Å². The van der Waals surface area contributed by atoms with Gasteiger partial charge < -0.3 is 5.32 Å². The van der Waals surface area contributed by atoms with Gasteiger partial charge in [0.15, 0.2) is 0 Å². The number of nitro benzene ring substituents is 1. The first-order valence-electron chi connectivity index (χ1n) is 6.64. The first-order chi connectivity index (χ1) is 11.7. The Kier molecular flexibility index (Phi) is 5.50. The molecule has 7 nitrogen and oxygen atoms in total. The maximum absolute atomic E-state index is 12.8. The number of hydrogen-bond acceptors (Lipinski definition) is 5. The van der Waals surface area contributed by atoms with Crippen molar-refractivity contribution in [2.45, 2.75) is 4.90 Å². The molecule has 0 aliphatic carbocycles. The number of carbonyl (C=O) groups is 1. The number of carbonyl (C=O) groups excluding carboxylic acids is 1. The van der Waals surface area contributed by atoms with Crippen LogP contribution in [0.5, 0.6) is 0 Å². The normalized spacial score (nSPS) is 11.4. The van der Waals surface area contributed by atoms with Gasteiger partial charge in [-0.25, -0.2) is 0 Å². The second-order valence-corrected chi connectivity index (χ2v) is 6.50. The Morgan fingerprint density at radius 2 is 1.84 bits per heavy atom. The van der Waals surface area contributed by atoms with Crippen LogP contribution in [-0.2, 0) is 15.0 Å². The molecule has 10 heteroatoms. The summed E-state index contributed by atoms with van der Waals surface area (Å²) in [5.41, 5.74) is 0.493. The number of nitrogens with zero attached hydrogens (tertiary/aromatic N) is 1. The SMILES string of the molecule is O=C(/C=C/c1ccc([N+](=O)[O-])cc1Cl)Nc1ccc(S(=O)(=O)F)cc1. The van der Waals surface area contributed by atoms with Gasteiger partial charge in [0.2, 0.25) is 5.91 Å². The number of non-ortho nitro benzene ring substituents is 1. The molecule has 130 valence electrons. The van der Waals surface area contributed by atoms with Gasteiger partial charge in [0.1, 0.15) is 0 Å². The van der Waals surface area contributed by atoms with Gasteiger partial charge in [-0.15, -0.1) is 3.89 Å². The van der Waals surface area contributed by atoms with E-state index < -0.39 is 25.9 Å². The van der Waals surface area contributed by atoms with Gasteiger partial charge in [-0.3, -0.25) is 14.9 Å². The number of rotatable bonds is 5. The number of nitrogens with one attached hydrogen (secondary N) is 1. The molecule has 25 heavy (non-hydrogen) atoms. The number of amides is 1. The number of nitro groups is 1. The molecule has 0 saturated carbocycles. The van der Waals surface area contributed by atoms with E-state index in [4.69, 9.17) is 11.6 Å². The summed E-state index contributed by atoms with van der Waals surface area (Å²) in [5, 5.41) is 13.2. The minimum Gasteiger partial charge on any atom is -0.323 e. The zero-order valence-corrected chi connectivity index (χ0v) is 13.9. The molecule has 0 aliphatic heterocycles. The van der Waals surface area contributed by atoms with Crippen molar-refractivity contribution in [1.29, 1.82) is 0 Å². The zero-order chi connectivity index (χ0) is 18.6. The molecule has 0 saturated heterocycles. The Morgan fingerprint density at radius 3 is 2.36 bits per heavy atom. The first kappa shape index (κ1) is 18.6. The Balaban J connectivity index is 2.07. The van der Waals surface area contributed by atoms with Crippen LogP contribution >= 0.6 is 11.6 Å². The lowest BCUT2D eigenvalue weighted by Crippen LogP contribution is -2.07. The third kappa shape index (κ3) is 5.10. The van der Waals surface area contributed by atoms with Gasteiger partial charge in [0.25, 0.3) is 5.69 Å². The van der Waals surface area contributed by atoms with Gasteiger partial charge in [-0.1, -0.05) is 11.6 Å². The zero-order valence-electron chi connectivity index (χ0n) is 12.3. The molecule has 1 amide bonds. The lowest BCUT2D eigenvalue weighted by atomic mass is 10.2. The highest BCUT2D eigenvalue weighted by atomic mass is 35.5. The fraction of sp³-hybridized carbons (Fsp3) is 0. The van der Waals surface area contributed by atoms with Gasteiger partial charge in [0, 0.05) is 23.9 Å². The second-order valence-electron chi connectivity index (χ2n) is 4.75. The summed E-state index contributed by atoms with van der Waals surface area (Å²) in [5.74, 6) is -0.551. The first-order valence-corrected chi connectivity index (χ1v) is 8.41. The Labute approximate surface area is 147 Å². The third-order valence-corrected chi connectivity index (χ3v) is 4.18. The largest absolute Gasteiger partial charge is 0.332 e. The van der Waals surface area contributed by atoms with Crippen molar-refractivity contribution in [3.8, 4) is 0 Å². The predicted octanol–water partition coefficient (Wildman–Crippen LogP) is 3.56. The van der Waals surface area contributed by atoms with Crippen LogP contribution in [0.1, 0.15) is 5.56 Å². The smallest absolute Gasteiger partial charge is 0.323 e. The van der Waals surface area contributed by atoms with Crippen molar-refractivity contribution in [1.82, 2.24) is 0 Å². The van der Waals surface area contributed by atoms with Gasteiger partial charge in [-0.05, 0) is 42.0 Å². The van der Waals surface area contributed by atoms with Crippen LogP contribution in [0.4, 0.5) is 15.3 Å². The minimum absolute atomic E-state index is 0.107. The summed E-state index contributed by atoms with van der Waals surface area (Å²) in [6.07, 6.45) is 2.51. The molecule has 0 heterocycles. The lowest BCUT2D eigenvalue weighted by Gasteiger charge is -2.03. The van der Waals surface area contributed by atoms with E-state index in [1.165, 1.54) is 30.3 Å². The number of anilines is 1. The monoisotopic (exact) mass is 384 g/mol. The predicted molar refractivity (Wildman–Crippen MR) is 90.5 cm³/mol. The Bertz CT molecular complexity index is 958. The molecule has 1 N–H and O–H groups in total. The molecule has 0 aromatic heterocycles. The highest BCUT2D eigenvalue weighted by Crippen LogP contribution is 2.23. The van der Waals surface area contributed by atoms with Crippen LogP contribution in [0.15, 0.2) is 53.4 Å². The van der Waals surface area contributed by atoms with Crippen molar-refractivity contribution in [3.63, 3.8) is 0 Å². The Hall–Kier alpha value is -2.78. The van der Waals surface area contributed by atoms with E-state index in [1.54, 1.807) is 0 Å². The average Bonchev–Trinajstić information content (AvgIpc) is 2.53. The third-order valence-electron chi connectivity index (χ3n) is 3.01. The topological polar surface area (TPSA) is 106 Å². The molecule has 0 radical (unpaired) electrons. The van der Waals surface area contributed by atoms with Crippen LogP contribution in [0, 0.1) is 10.1 Å². The maximum atomic E-state index is 12.8. The van der Waals surface area contributed by atoms with Crippen LogP contribution in [0.25, 0.3) is 6.08 Å². The van der Waals surface area contributed by atoms with Gasteiger partial charge in [-0.2, -0.15) is 8.42 Å². The molecule has 0 spiro atoms. The molecule has 2 aromatic carbocycles. The molecule has 0 bridgehead atoms. The van der Waals surface area contributed by atoms with E-state index in [-0.39, 0.29) is 16.4 Å². The standard InChI is InChI=1S/C15H10ClFN2O5S/c16-14-9-12(19(21)22)5-1-10(14)2-8-15(20)18-11-3-6-13(7-4-11)25(17,23)24/h1-9H,(H,18,20)/b8-2+. The molecular weight excluding hydrogens is 375 g/mol. The second kappa shape index (κ2) is 7.41. The van der Waals surface area contributed by atoms with E-state index in [2.05, 4.69) is 5.32 Å². The summed E-state index contributed by atoms with van der Waals surface area (Å²) >= 11 is 5.90. The summed E-state index contributed by atoms with van der Waals surface area (Å²) in [6, 6.07) is 8.30. The number of benzene rings is 2. The van der Waals surface area contributed by atoms with Crippen molar-refractivity contribution in [2.24, 2.45) is 0 Å². The molecule has 0 aliphatic rings. The van der Waals surface area contributed by atoms with Crippen molar-refractivity contribution in [3.05, 3.63) is 69.2 Å². The summed E-state index contributed by atoms with van der Waals surface area (Å²) in [6.45, 7) is 0. The minimum atomic E-state index is -4.80. The molecule has 0 unspecified atom stereocenters. The van der Waals surface area contributed by atoms with Crippen molar-refractivity contribution >= 4 is 45.2 Å². The fourth-order valence-corrected chi connectivity index (χ4v) is 2.51. The summed E-state index contributed by atoms with van der Waals surface area (Å²) in [7, 11) is -4.80. The van der Waals surface area contributed by atoms with E-state index >= 15 is 0 Å². The lowest BCUT2D eigenvalue weighted by molar-refractivity contribution is -0.384. The van der Waals surface area contributed by atoms with E-state index in [9.17, 15) is 27.2 Å². The van der Waals surface area contributed by atoms with Crippen LogP contribution in [0.3, 0.4) is 0 Å². The van der Waals surface area contributed by atoms with Crippen LogP contribution in [-0.4, -0.2) is 19.2 Å². The number of halogens is 2. The van der Waals surface area contributed by atoms with Gasteiger partial charge >= 0.3 is 10.2 Å². The highest BCUT2D eigenvalue weighted by molar-refractivity contribution is 7.86. The highest BCUT2D eigenvalue weighted by Gasteiger charge is 2.11. The fourth-order valence-electron chi connectivity index (χ4n) is 1.81. The quantitative estimate of drug-likeness (QED) is 0.367. The summed E-state index contributed by atoms with van der Waals surface area (Å²) in [4.78, 5) is 21.3. The maximum Gasteiger partial charge on any atom is 0.332 e. The van der Waals surface area contributed by atoms with Crippen LogP contribution in [0.2, 0.25) is 5.02 Å². The molecule has 0 fully saturated rings. The molecule has 0 atom stereocenters. The van der Waals surface area contributed by atoms with Crippen LogP contribution < -0.4 is 5.32 Å².